The van der Waals surface area contributed by atoms with E-state index in [2.05, 4.69) is 46.4 Å². The molecule has 2 aliphatic rings. The molecule has 2 heteroatoms. The van der Waals surface area contributed by atoms with Crippen LogP contribution in [-0.4, -0.2) is 6.04 Å². The first kappa shape index (κ1) is 14.6. The molecule has 110 valence electrons. The van der Waals surface area contributed by atoms with Gasteiger partial charge in [0.05, 0.1) is 0 Å². The number of hydrogen-bond acceptors (Lipinski definition) is 1. The summed E-state index contributed by atoms with van der Waals surface area (Å²) in [7, 11) is 0. The van der Waals surface area contributed by atoms with Gasteiger partial charge in [-0.25, -0.2) is 0 Å². The Morgan fingerprint density at radius 3 is 2.75 bits per heavy atom. The molecule has 0 aromatic heterocycles. The minimum Gasteiger partial charge on any atom is -0.307 e. The molecular formula is C18H26BrN. The van der Waals surface area contributed by atoms with E-state index in [0.29, 0.717) is 6.04 Å². The van der Waals surface area contributed by atoms with Crippen molar-refractivity contribution >= 4 is 15.9 Å². The highest BCUT2D eigenvalue weighted by molar-refractivity contribution is 9.10. The topological polar surface area (TPSA) is 12.0 Å². The van der Waals surface area contributed by atoms with Crippen molar-refractivity contribution in [1.82, 2.24) is 5.32 Å². The smallest absolute Gasteiger partial charge is 0.0328 e. The van der Waals surface area contributed by atoms with Gasteiger partial charge in [-0.05, 0) is 61.3 Å². The Bertz CT molecular complexity index is 451. The number of hydrogen-bond donors (Lipinski definition) is 1. The lowest BCUT2D eigenvalue weighted by molar-refractivity contribution is 0.245. The fourth-order valence-electron chi connectivity index (χ4n) is 4.14. The van der Waals surface area contributed by atoms with E-state index in [0.717, 1.165) is 12.0 Å². The summed E-state index contributed by atoms with van der Waals surface area (Å²) in [6, 6.07) is 8.12. The zero-order valence-corrected chi connectivity index (χ0v) is 14.1. The third kappa shape index (κ3) is 3.12. The Hall–Kier alpha value is -0.340. The fourth-order valence-corrected chi connectivity index (χ4v) is 4.55. The van der Waals surface area contributed by atoms with Crippen LogP contribution in [-0.2, 0) is 6.42 Å². The van der Waals surface area contributed by atoms with Crippen LogP contribution in [0.2, 0.25) is 0 Å². The lowest BCUT2D eigenvalue weighted by atomic mass is 9.82. The second-order valence-corrected chi connectivity index (χ2v) is 7.43. The highest BCUT2D eigenvalue weighted by atomic mass is 79.9. The van der Waals surface area contributed by atoms with E-state index in [4.69, 9.17) is 0 Å². The average molecular weight is 336 g/mol. The summed E-state index contributed by atoms with van der Waals surface area (Å²) in [5.41, 5.74) is 3.08. The first-order chi connectivity index (χ1) is 9.78. The summed E-state index contributed by atoms with van der Waals surface area (Å²) >= 11 is 3.59. The van der Waals surface area contributed by atoms with Crippen molar-refractivity contribution in [3.63, 3.8) is 0 Å². The second-order valence-electron chi connectivity index (χ2n) is 6.51. The highest BCUT2D eigenvalue weighted by Crippen LogP contribution is 2.35. The van der Waals surface area contributed by atoms with Crippen LogP contribution in [0.3, 0.4) is 0 Å². The highest BCUT2D eigenvalue weighted by Gasteiger charge is 2.28. The van der Waals surface area contributed by atoms with Crippen molar-refractivity contribution in [2.75, 3.05) is 0 Å². The van der Waals surface area contributed by atoms with Crippen molar-refractivity contribution < 1.29 is 0 Å². The van der Waals surface area contributed by atoms with Crippen molar-refractivity contribution in [2.24, 2.45) is 5.92 Å². The summed E-state index contributed by atoms with van der Waals surface area (Å²) in [6.07, 6.45) is 11.0. The van der Waals surface area contributed by atoms with E-state index in [1.807, 2.05) is 0 Å². The van der Waals surface area contributed by atoms with E-state index in [1.54, 1.807) is 5.56 Å². The second kappa shape index (κ2) is 6.62. The predicted molar refractivity (Wildman–Crippen MR) is 89.0 cm³/mol. The Morgan fingerprint density at radius 2 is 2.00 bits per heavy atom. The molecule has 0 saturated heterocycles. The van der Waals surface area contributed by atoms with Gasteiger partial charge in [0.15, 0.2) is 0 Å². The first-order valence-electron chi connectivity index (χ1n) is 8.32. The molecule has 1 aromatic rings. The normalized spacial score (nSPS) is 24.6. The molecular weight excluding hydrogens is 310 g/mol. The molecule has 1 fully saturated rings. The Morgan fingerprint density at radius 1 is 1.20 bits per heavy atom. The van der Waals surface area contributed by atoms with Crippen LogP contribution < -0.4 is 5.32 Å². The van der Waals surface area contributed by atoms with Crippen LogP contribution in [0.1, 0.15) is 69.0 Å². The van der Waals surface area contributed by atoms with Crippen molar-refractivity contribution in [3.05, 3.63) is 33.8 Å². The standard InChI is InChI=1S/C18H26BrN/c1-2-17(13-6-4-3-5-7-13)20-18-11-8-14-12-15(19)9-10-16(14)18/h9-10,12-13,17-18,20H,2-8,11H2,1H3. The van der Waals surface area contributed by atoms with Crippen LogP contribution in [0.4, 0.5) is 0 Å². The summed E-state index contributed by atoms with van der Waals surface area (Å²) in [6.45, 7) is 2.35. The van der Waals surface area contributed by atoms with Gasteiger partial charge in [-0.1, -0.05) is 48.2 Å². The molecule has 0 spiro atoms. The number of rotatable bonds is 4. The molecule has 20 heavy (non-hydrogen) atoms. The lowest BCUT2D eigenvalue weighted by Gasteiger charge is -2.33. The van der Waals surface area contributed by atoms with E-state index >= 15 is 0 Å². The molecule has 2 atom stereocenters. The molecule has 2 unspecified atom stereocenters. The summed E-state index contributed by atoms with van der Waals surface area (Å²) in [4.78, 5) is 0. The van der Waals surface area contributed by atoms with E-state index in [1.165, 1.54) is 61.4 Å². The maximum Gasteiger partial charge on any atom is 0.0328 e. The Kier molecular flexibility index (Phi) is 4.83. The summed E-state index contributed by atoms with van der Waals surface area (Å²) < 4.78 is 1.22. The molecule has 1 N–H and O–H groups in total. The number of nitrogens with one attached hydrogen (secondary N) is 1. The molecule has 1 aromatic carbocycles. The number of fused-ring (bicyclic) bond motifs is 1. The maximum atomic E-state index is 4.00. The monoisotopic (exact) mass is 335 g/mol. The molecule has 0 bridgehead atoms. The molecule has 0 radical (unpaired) electrons. The molecule has 0 amide bonds. The van der Waals surface area contributed by atoms with E-state index in [9.17, 15) is 0 Å². The van der Waals surface area contributed by atoms with Crippen LogP contribution in [0.15, 0.2) is 22.7 Å². The number of benzene rings is 1. The van der Waals surface area contributed by atoms with Gasteiger partial charge in [0, 0.05) is 16.6 Å². The van der Waals surface area contributed by atoms with Gasteiger partial charge in [-0.3, -0.25) is 0 Å². The number of halogens is 1. The first-order valence-corrected chi connectivity index (χ1v) is 9.11. The Labute approximate surface area is 131 Å². The fraction of sp³-hybridized carbons (Fsp3) is 0.667. The SMILES string of the molecule is CCC(NC1CCc2cc(Br)ccc21)C1CCCCC1. The van der Waals surface area contributed by atoms with Crippen molar-refractivity contribution in [3.8, 4) is 0 Å². The number of aryl methyl sites for hydroxylation is 1. The van der Waals surface area contributed by atoms with Gasteiger partial charge in [0.2, 0.25) is 0 Å². The third-order valence-electron chi connectivity index (χ3n) is 5.26. The molecule has 1 saturated carbocycles. The van der Waals surface area contributed by atoms with Crippen LogP contribution in [0.25, 0.3) is 0 Å². The zero-order chi connectivity index (χ0) is 13.9. The van der Waals surface area contributed by atoms with Gasteiger partial charge in [-0.15, -0.1) is 0 Å². The summed E-state index contributed by atoms with van der Waals surface area (Å²) in [5.74, 6) is 0.910. The predicted octanol–water partition coefficient (Wildman–Crippen LogP) is 5.38. The van der Waals surface area contributed by atoms with Gasteiger partial charge >= 0.3 is 0 Å². The van der Waals surface area contributed by atoms with Crippen molar-refractivity contribution in [1.29, 1.82) is 0 Å². The summed E-state index contributed by atoms with van der Waals surface area (Å²) in [5, 5.41) is 4.00. The quantitative estimate of drug-likeness (QED) is 0.778. The van der Waals surface area contributed by atoms with Gasteiger partial charge in [-0.2, -0.15) is 0 Å². The minimum absolute atomic E-state index is 0.588. The van der Waals surface area contributed by atoms with Crippen LogP contribution in [0, 0.1) is 5.92 Å². The van der Waals surface area contributed by atoms with Gasteiger partial charge in [0.1, 0.15) is 0 Å². The van der Waals surface area contributed by atoms with Crippen LogP contribution >= 0.6 is 15.9 Å². The lowest BCUT2D eigenvalue weighted by Crippen LogP contribution is -2.38. The molecule has 2 aliphatic carbocycles. The molecule has 3 rings (SSSR count). The van der Waals surface area contributed by atoms with E-state index < -0.39 is 0 Å². The largest absolute Gasteiger partial charge is 0.307 e. The van der Waals surface area contributed by atoms with Gasteiger partial charge < -0.3 is 5.32 Å². The zero-order valence-electron chi connectivity index (χ0n) is 12.5. The molecule has 1 nitrogen and oxygen atoms in total. The average Bonchev–Trinajstić information content (AvgIpc) is 2.87. The molecule has 0 heterocycles. The van der Waals surface area contributed by atoms with Crippen molar-refractivity contribution in [2.45, 2.75) is 70.4 Å². The molecule has 0 aliphatic heterocycles. The van der Waals surface area contributed by atoms with Crippen LogP contribution in [0.5, 0.6) is 0 Å². The maximum absolute atomic E-state index is 4.00. The minimum atomic E-state index is 0.588. The third-order valence-corrected chi connectivity index (χ3v) is 5.75. The van der Waals surface area contributed by atoms with Gasteiger partial charge in [0.25, 0.3) is 0 Å². The Balaban J connectivity index is 1.68. The van der Waals surface area contributed by atoms with E-state index in [-0.39, 0.29) is 0 Å².